The maximum Gasteiger partial charge on any atom is 0.336 e. The van der Waals surface area contributed by atoms with Crippen LogP contribution in [0.15, 0.2) is 42.5 Å². The zero-order valence-corrected chi connectivity index (χ0v) is 23.1. The second-order valence-corrected chi connectivity index (χ2v) is 11.8. The largest absolute Gasteiger partial charge is 0.778 e. The van der Waals surface area contributed by atoms with Crippen molar-refractivity contribution in [2.45, 2.75) is 26.4 Å². The van der Waals surface area contributed by atoms with Crippen LogP contribution in [0.4, 0.5) is 0 Å². The Morgan fingerprint density at radius 1 is 1.13 bits per heavy atom. The number of benzene rings is 2. The topological polar surface area (TPSA) is 143 Å². The molecule has 2 N–H and O–H groups in total. The number of rotatable bonds is 14. The number of carboxylic acid groups (broad SMARTS) is 1. The lowest BCUT2D eigenvalue weighted by Gasteiger charge is -2.27. The summed E-state index contributed by atoms with van der Waals surface area (Å²) < 4.78 is 25.5. The zero-order chi connectivity index (χ0) is 27.9. The van der Waals surface area contributed by atoms with E-state index >= 15 is 0 Å². The maximum absolute atomic E-state index is 12.6. The minimum Gasteiger partial charge on any atom is -0.778 e. The van der Waals surface area contributed by atoms with E-state index in [-0.39, 0.29) is 37.0 Å². The van der Waals surface area contributed by atoms with Gasteiger partial charge in [0.05, 0.1) is 63.0 Å². The molecule has 1 unspecified atom stereocenters. The fourth-order valence-corrected chi connectivity index (χ4v) is 5.00. The normalized spacial score (nSPS) is 13.3. The molecule has 3 aromatic rings. The summed E-state index contributed by atoms with van der Waals surface area (Å²) in [7, 11) is 2.10. The van der Waals surface area contributed by atoms with Crippen LogP contribution in [0.3, 0.4) is 0 Å². The maximum atomic E-state index is 12.6. The van der Waals surface area contributed by atoms with Gasteiger partial charge in [0.25, 0.3) is 5.91 Å². The first-order chi connectivity index (χ1) is 17.9. The summed E-state index contributed by atoms with van der Waals surface area (Å²) >= 11 is 0. The fraction of sp³-hybridized carbons (Fsp3) is 0.423. The monoisotopic (exact) mass is 546 g/mol. The Morgan fingerprint density at radius 2 is 1.84 bits per heavy atom. The van der Waals surface area contributed by atoms with Gasteiger partial charge in [-0.3, -0.25) is 4.79 Å². The summed E-state index contributed by atoms with van der Waals surface area (Å²) in [4.78, 5) is 40.8. The van der Waals surface area contributed by atoms with Crippen molar-refractivity contribution >= 4 is 30.5 Å². The molecule has 1 heterocycles. The molecule has 11 nitrogen and oxygen atoms in total. The molecule has 0 aliphatic heterocycles. The highest BCUT2D eigenvalue weighted by Crippen LogP contribution is 2.37. The van der Waals surface area contributed by atoms with Crippen LogP contribution in [0.2, 0.25) is 0 Å². The molecule has 1 amide bonds. The summed E-state index contributed by atoms with van der Waals surface area (Å²) in [5, 5.41) is 12.1. The van der Waals surface area contributed by atoms with E-state index in [1.165, 1.54) is 12.1 Å². The number of quaternary nitrogens is 1. The summed E-state index contributed by atoms with van der Waals surface area (Å²) in [6, 6.07) is 11.3. The van der Waals surface area contributed by atoms with Crippen molar-refractivity contribution in [3.8, 4) is 5.75 Å². The van der Waals surface area contributed by atoms with Crippen molar-refractivity contribution in [3.05, 3.63) is 59.4 Å². The number of imidazole rings is 1. The standard InChI is InChI=1S/C26H35N4O7P/c1-5-29-23-17-19(36-14-15-37-38(34,35)16-8-13-30(2,3)4)11-12-22(23)28-24(29)18-27-25(31)20-9-6-7-10-21(20)26(32)33/h6-7,9-12,17H,5,8,13-16,18H2,1-4H3,(H2-,27,31,32,33,34,35). The number of ether oxygens (including phenoxy) is 1. The third kappa shape index (κ3) is 8.13. The van der Waals surface area contributed by atoms with Crippen molar-refractivity contribution in [2.75, 3.05) is 47.1 Å². The first kappa shape index (κ1) is 29.3. The highest BCUT2D eigenvalue weighted by atomic mass is 31.2. The molecular weight excluding hydrogens is 511 g/mol. The molecule has 1 atom stereocenters. The van der Waals surface area contributed by atoms with Gasteiger partial charge in [-0.05, 0) is 31.2 Å². The van der Waals surface area contributed by atoms with E-state index in [0.717, 1.165) is 12.1 Å². The number of aromatic carboxylic acids is 1. The molecule has 0 saturated carbocycles. The Balaban J connectivity index is 1.59. The van der Waals surface area contributed by atoms with Crippen LogP contribution in [-0.2, 0) is 22.2 Å². The number of carbonyl (C=O) groups excluding carboxylic acids is 1. The Labute approximate surface area is 222 Å². The van der Waals surface area contributed by atoms with Gasteiger partial charge < -0.3 is 38.2 Å². The molecule has 0 bridgehead atoms. The lowest BCUT2D eigenvalue weighted by Crippen LogP contribution is -2.35. The van der Waals surface area contributed by atoms with Gasteiger partial charge >= 0.3 is 5.97 Å². The number of hydrogen-bond acceptors (Lipinski definition) is 7. The molecule has 2 aromatic carbocycles. The minimum absolute atomic E-state index is 0.00856. The number of carbonyl (C=O) groups is 2. The van der Waals surface area contributed by atoms with Gasteiger partial charge in [-0.1, -0.05) is 12.1 Å². The Kier molecular flexibility index (Phi) is 9.67. The summed E-state index contributed by atoms with van der Waals surface area (Å²) in [6.07, 6.45) is 0.517. The SMILES string of the molecule is CCn1c(CNC(=O)c2ccccc2C(=O)O)nc2ccc(OCCOP(=O)([O-])CCC[N+](C)(C)C)cc21. The molecule has 38 heavy (non-hydrogen) atoms. The highest BCUT2D eigenvalue weighted by molar-refractivity contribution is 7.51. The lowest BCUT2D eigenvalue weighted by atomic mass is 10.1. The van der Waals surface area contributed by atoms with E-state index in [4.69, 9.17) is 9.26 Å². The lowest BCUT2D eigenvalue weighted by molar-refractivity contribution is -0.870. The predicted molar refractivity (Wildman–Crippen MR) is 141 cm³/mol. The second-order valence-electron chi connectivity index (χ2n) is 9.84. The zero-order valence-electron chi connectivity index (χ0n) is 22.2. The highest BCUT2D eigenvalue weighted by Gasteiger charge is 2.18. The van der Waals surface area contributed by atoms with E-state index in [1.54, 1.807) is 30.3 Å². The number of carboxylic acids is 1. The van der Waals surface area contributed by atoms with Crippen LogP contribution in [0, 0.1) is 0 Å². The fourth-order valence-electron chi connectivity index (χ4n) is 3.99. The smallest absolute Gasteiger partial charge is 0.336 e. The van der Waals surface area contributed by atoms with Gasteiger partial charge in [0.2, 0.25) is 0 Å². The van der Waals surface area contributed by atoms with Crippen LogP contribution in [0.1, 0.15) is 39.9 Å². The third-order valence-electron chi connectivity index (χ3n) is 5.83. The first-order valence-corrected chi connectivity index (χ1v) is 14.1. The van der Waals surface area contributed by atoms with E-state index in [2.05, 4.69) is 10.3 Å². The van der Waals surface area contributed by atoms with Crippen LogP contribution in [-0.4, -0.2) is 78.1 Å². The molecule has 1 aromatic heterocycles. The van der Waals surface area contributed by atoms with E-state index in [9.17, 15) is 24.2 Å². The molecule has 0 spiro atoms. The molecule has 3 rings (SSSR count). The summed E-state index contributed by atoms with van der Waals surface area (Å²) in [5.74, 6) is -0.542. The molecular formula is C26H35N4O7P. The summed E-state index contributed by atoms with van der Waals surface area (Å²) in [5.41, 5.74) is 1.49. The third-order valence-corrected chi connectivity index (χ3v) is 7.27. The van der Waals surface area contributed by atoms with Crippen LogP contribution in [0.25, 0.3) is 11.0 Å². The number of fused-ring (bicyclic) bond motifs is 1. The molecule has 0 aliphatic rings. The Morgan fingerprint density at radius 3 is 2.50 bits per heavy atom. The van der Waals surface area contributed by atoms with E-state index in [0.29, 0.717) is 34.5 Å². The van der Waals surface area contributed by atoms with E-state index in [1.807, 2.05) is 32.6 Å². The Hall–Kier alpha value is -3.24. The second kappa shape index (κ2) is 12.5. The summed E-state index contributed by atoms with van der Waals surface area (Å²) in [6.45, 7) is 3.35. The molecule has 206 valence electrons. The number of aryl methyl sites for hydroxylation is 1. The molecule has 0 fully saturated rings. The van der Waals surface area contributed by atoms with Gasteiger partial charge in [0, 0.05) is 25.2 Å². The minimum atomic E-state index is -3.92. The Bertz CT molecular complexity index is 1330. The average Bonchev–Trinajstić information content (AvgIpc) is 3.20. The number of hydrogen-bond donors (Lipinski definition) is 2. The van der Waals surface area contributed by atoms with Crippen molar-refractivity contribution in [1.29, 1.82) is 0 Å². The average molecular weight is 547 g/mol. The predicted octanol–water partition coefficient (Wildman–Crippen LogP) is 2.73. The van der Waals surface area contributed by atoms with Gasteiger partial charge in [-0.15, -0.1) is 0 Å². The van der Waals surface area contributed by atoms with Gasteiger partial charge in [0.15, 0.2) is 0 Å². The van der Waals surface area contributed by atoms with Crippen LogP contribution < -0.4 is 14.9 Å². The van der Waals surface area contributed by atoms with Gasteiger partial charge in [0.1, 0.15) is 25.8 Å². The van der Waals surface area contributed by atoms with Crippen molar-refractivity contribution in [1.82, 2.24) is 14.9 Å². The number of nitrogens with one attached hydrogen (secondary N) is 1. The van der Waals surface area contributed by atoms with E-state index < -0.39 is 19.5 Å². The first-order valence-electron chi connectivity index (χ1n) is 12.4. The molecule has 12 heteroatoms. The van der Waals surface area contributed by atoms with Crippen molar-refractivity contribution in [3.63, 3.8) is 0 Å². The number of aromatic nitrogens is 2. The quantitative estimate of drug-likeness (QED) is 0.179. The van der Waals surface area contributed by atoms with Crippen LogP contribution in [0.5, 0.6) is 5.75 Å². The van der Waals surface area contributed by atoms with Gasteiger partial charge in [-0.25, -0.2) is 9.78 Å². The van der Waals surface area contributed by atoms with Crippen LogP contribution >= 0.6 is 7.60 Å². The molecule has 0 radical (unpaired) electrons. The van der Waals surface area contributed by atoms with Crippen molar-refractivity contribution < 1.29 is 37.9 Å². The van der Waals surface area contributed by atoms with Gasteiger partial charge in [-0.2, -0.15) is 0 Å². The molecule has 0 saturated heterocycles. The number of amides is 1. The molecule has 0 aliphatic carbocycles. The number of nitrogens with zero attached hydrogens (tertiary/aromatic N) is 3. The van der Waals surface area contributed by atoms with Crippen molar-refractivity contribution in [2.24, 2.45) is 0 Å².